The number of hydrogen-bond acceptors (Lipinski definition) is 4. The van der Waals surface area contributed by atoms with Crippen molar-refractivity contribution in [1.29, 1.82) is 0 Å². The van der Waals surface area contributed by atoms with Gasteiger partial charge in [0.05, 0.1) is 17.9 Å². The minimum absolute atomic E-state index is 0.0562. The molecule has 1 atom stereocenters. The van der Waals surface area contributed by atoms with Crippen LogP contribution in [0.25, 0.3) is 0 Å². The third-order valence-electron chi connectivity index (χ3n) is 4.97. The van der Waals surface area contributed by atoms with E-state index in [-0.39, 0.29) is 16.9 Å². The molecule has 1 N–H and O–H groups in total. The number of rotatable bonds is 3. The monoisotopic (exact) mass is 352 g/mol. The van der Waals surface area contributed by atoms with E-state index in [4.69, 9.17) is 0 Å². The van der Waals surface area contributed by atoms with Gasteiger partial charge < -0.3 is 10.2 Å². The largest absolute Gasteiger partial charge is 0.312 e. The molecule has 0 aliphatic carbocycles. The summed E-state index contributed by atoms with van der Waals surface area (Å²) in [5, 5.41) is 3.35. The summed E-state index contributed by atoms with van der Waals surface area (Å²) in [6, 6.07) is 1.77. The number of aromatic nitrogens is 1. The number of carbonyl (C=O) groups is 1. The van der Waals surface area contributed by atoms with E-state index in [9.17, 15) is 13.6 Å². The van der Waals surface area contributed by atoms with Crippen LogP contribution in [0.4, 0.5) is 14.5 Å². The quantitative estimate of drug-likeness (QED) is 0.905. The number of nitrogens with zero attached hydrogens (tertiary/aromatic N) is 3. The van der Waals surface area contributed by atoms with E-state index in [1.54, 1.807) is 4.90 Å². The van der Waals surface area contributed by atoms with Gasteiger partial charge in [0.1, 0.15) is 0 Å². The molecule has 25 heavy (non-hydrogen) atoms. The van der Waals surface area contributed by atoms with Gasteiger partial charge in [-0.15, -0.1) is 0 Å². The van der Waals surface area contributed by atoms with Crippen molar-refractivity contribution >= 4 is 11.6 Å². The topological polar surface area (TPSA) is 48.5 Å². The molecule has 2 aliphatic heterocycles. The van der Waals surface area contributed by atoms with Crippen LogP contribution in [0.2, 0.25) is 0 Å². The molecule has 1 aromatic rings. The van der Waals surface area contributed by atoms with Gasteiger partial charge in [0.2, 0.25) is 5.91 Å². The maximum absolute atomic E-state index is 13.7. The van der Waals surface area contributed by atoms with Crippen LogP contribution < -0.4 is 10.2 Å². The fourth-order valence-corrected chi connectivity index (χ4v) is 3.63. The Morgan fingerprint density at radius 2 is 2.20 bits per heavy atom. The van der Waals surface area contributed by atoms with E-state index in [2.05, 4.69) is 22.1 Å². The van der Waals surface area contributed by atoms with Crippen molar-refractivity contribution in [2.24, 2.45) is 0 Å². The number of amides is 1. The second-order valence-electron chi connectivity index (χ2n) is 7.93. The molecule has 5 nitrogen and oxygen atoms in total. The van der Waals surface area contributed by atoms with Gasteiger partial charge in [0, 0.05) is 56.3 Å². The summed E-state index contributed by atoms with van der Waals surface area (Å²) in [6.45, 7) is 10.2. The number of nitrogens with one attached hydrogen (secondary N) is 1. The van der Waals surface area contributed by atoms with Crippen LogP contribution >= 0.6 is 0 Å². The fraction of sp³-hybridized carbons (Fsp3) is 0.667. The lowest BCUT2D eigenvalue weighted by Gasteiger charge is -2.32. The Labute approximate surface area is 147 Å². The van der Waals surface area contributed by atoms with E-state index in [0.29, 0.717) is 30.5 Å². The number of piperazine rings is 1. The Morgan fingerprint density at radius 1 is 1.48 bits per heavy atom. The van der Waals surface area contributed by atoms with Crippen molar-refractivity contribution in [3.8, 4) is 0 Å². The first-order valence-corrected chi connectivity index (χ1v) is 8.73. The summed E-state index contributed by atoms with van der Waals surface area (Å²) in [5.74, 6) is -3.03. The van der Waals surface area contributed by atoms with Crippen molar-refractivity contribution in [2.75, 3.05) is 37.6 Å². The van der Waals surface area contributed by atoms with E-state index in [0.717, 1.165) is 26.6 Å². The fourth-order valence-electron chi connectivity index (χ4n) is 3.63. The van der Waals surface area contributed by atoms with E-state index in [1.165, 1.54) is 12.3 Å². The van der Waals surface area contributed by atoms with E-state index >= 15 is 0 Å². The van der Waals surface area contributed by atoms with Crippen LogP contribution in [0.5, 0.6) is 0 Å². The highest BCUT2D eigenvalue weighted by molar-refractivity contribution is 5.97. The number of alkyl halides is 2. The summed E-state index contributed by atoms with van der Waals surface area (Å²) in [5.41, 5.74) is 0.737. The lowest BCUT2D eigenvalue weighted by molar-refractivity contribution is -0.120. The van der Waals surface area contributed by atoms with Crippen LogP contribution in [0.3, 0.4) is 0 Å². The molecule has 0 bridgehead atoms. The third-order valence-corrected chi connectivity index (χ3v) is 4.97. The van der Waals surface area contributed by atoms with Gasteiger partial charge >= 0.3 is 0 Å². The molecule has 1 fully saturated rings. The standard InChI is InChI=1S/C18H26F2N4O/c1-12-9-23(6-5-21-12)10-15(25)24-11-17(2,3)16-14(24)7-13(8-22-16)18(4,19)20/h7-8,12,21H,5-6,9-11H2,1-4H3. The first-order chi connectivity index (χ1) is 11.6. The molecule has 7 heteroatoms. The average molecular weight is 352 g/mol. The Balaban J connectivity index is 1.85. The highest BCUT2D eigenvalue weighted by Gasteiger charge is 2.41. The minimum atomic E-state index is -2.97. The molecule has 138 valence electrons. The van der Waals surface area contributed by atoms with Gasteiger partial charge in [0.15, 0.2) is 0 Å². The second kappa shape index (κ2) is 6.29. The molecule has 1 amide bonds. The number of pyridine rings is 1. The van der Waals surface area contributed by atoms with Crippen LogP contribution in [0.15, 0.2) is 12.3 Å². The SMILES string of the molecule is CC1CN(CC(=O)N2CC(C)(C)c3ncc(C(C)(F)F)cc32)CCN1. The second-order valence-corrected chi connectivity index (χ2v) is 7.93. The predicted octanol–water partition coefficient (Wildman–Crippen LogP) is 2.11. The van der Waals surface area contributed by atoms with Gasteiger partial charge in [-0.1, -0.05) is 13.8 Å². The van der Waals surface area contributed by atoms with Crippen LogP contribution in [-0.4, -0.2) is 54.6 Å². The van der Waals surface area contributed by atoms with Crippen LogP contribution in [0, 0.1) is 0 Å². The number of hydrogen-bond donors (Lipinski definition) is 1. The Morgan fingerprint density at radius 3 is 2.84 bits per heavy atom. The maximum Gasteiger partial charge on any atom is 0.272 e. The zero-order valence-electron chi connectivity index (χ0n) is 15.3. The minimum Gasteiger partial charge on any atom is -0.312 e. The zero-order valence-corrected chi connectivity index (χ0v) is 15.3. The molecule has 1 saturated heterocycles. The van der Waals surface area contributed by atoms with Gasteiger partial charge in [-0.2, -0.15) is 0 Å². The highest BCUT2D eigenvalue weighted by Crippen LogP contribution is 2.41. The molecular formula is C18H26F2N4O. The Bertz CT molecular complexity index is 672. The van der Waals surface area contributed by atoms with Gasteiger partial charge in [0.25, 0.3) is 5.92 Å². The van der Waals surface area contributed by atoms with Crippen molar-refractivity contribution in [1.82, 2.24) is 15.2 Å². The molecule has 0 radical (unpaired) electrons. The lowest BCUT2D eigenvalue weighted by Crippen LogP contribution is -2.52. The molecule has 0 saturated carbocycles. The molecular weight excluding hydrogens is 326 g/mol. The van der Waals surface area contributed by atoms with Crippen molar-refractivity contribution in [3.05, 3.63) is 23.5 Å². The van der Waals surface area contributed by atoms with Crippen LogP contribution in [0.1, 0.15) is 39.0 Å². The zero-order chi connectivity index (χ0) is 18.4. The van der Waals surface area contributed by atoms with Crippen LogP contribution in [-0.2, 0) is 16.1 Å². The molecule has 1 aromatic heterocycles. The van der Waals surface area contributed by atoms with E-state index in [1.807, 2.05) is 13.8 Å². The summed E-state index contributed by atoms with van der Waals surface area (Å²) in [6.07, 6.45) is 1.23. The smallest absolute Gasteiger partial charge is 0.272 e. The maximum atomic E-state index is 13.7. The molecule has 1 unspecified atom stereocenters. The van der Waals surface area contributed by atoms with Crippen molar-refractivity contribution in [2.45, 2.75) is 45.1 Å². The summed E-state index contributed by atoms with van der Waals surface area (Å²) >= 11 is 0. The summed E-state index contributed by atoms with van der Waals surface area (Å²) < 4.78 is 27.4. The molecule has 3 heterocycles. The summed E-state index contributed by atoms with van der Waals surface area (Å²) in [7, 11) is 0. The third kappa shape index (κ3) is 3.67. The van der Waals surface area contributed by atoms with Crippen molar-refractivity contribution in [3.63, 3.8) is 0 Å². The lowest BCUT2D eigenvalue weighted by atomic mass is 9.91. The molecule has 0 aromatic carbocycles. The Kier molecular flexibility index (Phi) is 4.58. The predicted molar refractivity (Wildman–Crippen MR) is 93.1 cm³/mol. The summed E-state index contributed by atoms with van der Waals surface area (Å²) in [4.78, 5) is 20.9. The molecule has 0 spiro atoms. The highest BCUT2D eigenvalue weighted by atomic mass is 19.3. The van der Waals surface area contributed by atoms with Crippen molar-refractivity contribution < 1.29 is 13.6 Å². The van der Waals surface area contributed by atoms with E-state index < -0.39 is 5.92 Å². The Hall–Kier alpha value is -1.60. The van der Waals surface area contributed by atoms with Gasteiger partial charge in [-0.05, 0) is 13.0 Å². The number of anilines is 1. The first kappa shape index (κ1) is 18.2. The number of fused-ring (bicyclic) bond motifs is 1. The number of halogens is 2. The first-order valence-electron chi connectivity index (χ1n) is 8.73. The van der Waals surface area contributed by atoms with Gasteiger partial charge in [-0.25, -0.2) is 8.78 Å². The average Bonchev–Trinajstić information content (AvgIpc) is 2.78. The van der Waals surface area contributed by atoms with Gasteiger partial charge in [-0.3, -0.25) is 14.7 Å². The number of carbonyl (C=O) groups excluding carboxylic acids is 1. The molecule has 2 aliphatic rings. The normalized spacial score (nSPS) is 23.6. The molecule has 3 rings (SSSR count).